The van der Waals surface area contributed by atoms with Gasteiger partial charge < -0.3 is 9.84 Å². The lowest BCUT2D eigenvalue weighted by Gasteiger charge is -2.14. The van der Waals surface area contributed by atoms with Crippen molar-refractivity contribution >= 4 is 11.5 Å². The van der Waals surface area contributed by atoms with Crippen LogP contribution in [0.25, 0.3) is 5.57 Å². The van der Waals surface area contributed by atoms with E-state index in [1.54, 1.807) is 19.1 Å². The first-order valence-electron chi connectivity index (χ1n) is 7.68. The van der Waals surface area contributed by atoms with Crippen molar-refractivity contribution in [1.29, 1.82) is 0 Å². The summed E-state index contributed by atoms with van der Waals surface area (Å²) in [7, 11) is 0. The van der Waals surface area contributed by atoms with Gasteiger partial charge in [-0.3, -0.25) is 0 Å². The standard InChI is InChI=1S/C18H26O3/c1-4-6-15(13-19)8-7-14(3)16-9-11-17(12-10-16)18(20)21-5-2/h9-12,15,19H,3-8,13H2,1-2H3. The maximum Gasteiger partial charge on any atom is 0.338 e. The van der Waals surface area contributed by atoms with Gasteiger partial charge in [0.15, 0.2) is 0 Å². The van der Waals surface area contributed by atoms with Gasteiger partial charge in [-0.05, 0) is 55.4 Å². The monoisotopic (exact) mass is 290 g/mol. The van der Waals surface area contributed by atoms with Crippen molar-refractivity contribution in [3.05, 3.63) is 42.0 Å². The number of aliphatic hydroxyl groups excluding tert-OH is 1. The molecule has 0 heterocycles. The van der Waals surface area contributed by atoms with Gasteiger partial charge in [0.2, 0.25) is 0 Å². The second-order valence-electron chi connectivity index (χ2n) is 5.28. The van der Waals surface area contributed by atoms with Crippen LogP contribution in [0.5, 0.6) is 0 Å². The smallest absolute Gasteiger partial charge is 0.338 e. The van der Waals surface area contributed by atoms with Gasteiger partial charge >= 0.3 is 5.97 Å². The second-order valence-corrected chi connectivity index (χ2v) is 5.28. The van der Waals surface area contributed by atoms with Crippen molar-refractivity contribution in [1.82, 2.24) is 0 Å². The van der Waals surface area contributed by atoms with E-state index in [2.05, 4.69) is 13.5 Å². The van der Waals surface area contributed by atoms with E-state index >= 15 is 0 Å². The van der Waals surface area contributed by atoms with Crippen LogP contribution in [-0.4, -0.2) is 24.3 Å². The third-order valence-corrected chi connectivity index (χ3v) is 3.61. The van der Waals surface area contributed by atoms with E-state index in [9.17, 15) is 9.90 Å². The summed E-state index contributed by atoms with van der Waals surface area (Å²) in [6, 6.07) is 7.35. The Hall–Kier alpha value is -1.61. The molecule has 0 spiro atoms. The lowest BCUT2D eigenvalue weighted by atomic mass is 9.93. The van der Waals surface area contributed by atoms with Crippen LogP contribution in [-0.2, 0) is 4.74 Å². The lowest BCUT2D eigenvalue weighted by Crippen LogP contribution is -2.06. The highest BCUT2D eigenvalue weighted by Crippen LogP contribution is 2.23. The fraction of sp³-hybridized carbons (Fsp3) is 0.500. The number of carbonyl (C=O) groups is 1. The van der Waals surface area contributed by atoms with Crippen LogP contribution in [0.2, 0.25) is 0 Å². The molecule has 3 heteroatoms. The number of hydrogen-bond donors (Lipinski definition) is 1. The zero-order valence-electron chi connectivity index (χ0n) is 13.1. The second kappa shape index (κ2) is 9.35. The van der Waals surface area contributed by atoms with E-state index in [0.29, 0.717) is 18.1 Å². The molecule has 0 aliphatic carbocycles. The largest absolute Gasteiger partial charge is 0.462 e. The average molecular weight is 290 g/mol. The minimum Gasteiger partial charge on any atom is -0.462 e. The number of esters is 1. The topological polar surface area (TPSA) is 46.5 Å². The van der Waals surface area contributed by atoms with Gasteiger partial charge in [-0.15, -0.1) is 0 Å². The molecule has 0 aromatic heterocycles. The Kier molecular flexibility index (Phi) is 7.76. The minimum atomic E-state index is -0.294. The van der Waals surface area contributed by atoms with Gasteiger partial charge in [0, 0.05) is 6.61 Å². The molecule has 1 unspecified atom stereocenters. The molecular formula is C18H26O3. The predicted octanol–water partition coefficient (Wildman–Crippen LogP) is 4.07. The van der Waals surface area contributed by atoms with Crippen LogP contribution in [0.4, 0.5) is 0 Å². The van der Waals surface area contributed by atoms with E-state index in [-0.39, 0.29) is 12.6 Å². The first-order valence-corrected chi connectivity index (χ1v) is 7.68. The molecule has 21 heavy (non-hydrogen) atoms. The summed E-state index contributed by atoms with van der Waals surface area (Å²) in [5, 5.41) is 9.31. The summed E-state index contributed by atoms with van der Waals surface area (Å²) < 4.78 is 4.96. The Bertz CT molecular complexity index is 448. The lowest BCUT2D eigenvalue weighted by molar-refractivity contribution is 0.0526. The fourth-order valence-electron chi connectivity index (χ4n) is 2.31. The molecule has 1 aromatic carbocycles. The van der Waals surface area contributed by atoms with E-state index < -0.39 is 0 Å². The zero-order valence-corrected chi connectivity index (χ0v) is 13.1. The highest BCUT2D eigenvalue weighted by atomic mass is 16.5. The summed E-state index contributed by atoms with van der Waals surface area (Å²) in [4.78, 5) is 11.6. The normalized spacial score (nSPS) is 12.0. The molecule has 0 saturated carbocycles. The Morgan fingerprint density at radius 2 is 1.81 bits per heavy atom. The number of carbonyl (C=O) groups excluding carboxylic acids is 1. The van der Waals surface area contributed by atoms with Gasteiger partial charge in [-0.25, -0.2) is 4.79 Å². The van der Waals surface area contributed by atoms with Crippen molar-refractivity contribution in [2.24, 2.45) is 5.92 Å². The van der Waals surface area contributed by atoms with Gasteiger partial charge in [0.05, 0.1) is 12.2 Å². The first kappa shape index (κ1) is 17.4. The molecule has 0 aliphatic rings. The SMILES string of the molecule is C=C(CCC(CO)CCC)c1ccc(C(=O)OCC)cc1. The number of allylic oxidation sites excluding steroid dienone is 1. The van der Waals surface area contributed by atoms with Crippen LogP contribution in [0.15, 0.2) is 30.8 Å². The van der Waals surface area contributed by atoms with Crippen LogP contribution in [0.1, 0.15) is 55.5 Å². The molecule has 1 aromatic rings. The summed E-state index contributed by atoms with van der Waals surface area (Å²) in [6.07, 6.45) is 3.95. The van der Waals surface area contributed by atoms with Crippen LogP contribution in [0.3, 0.4) is 0 Å². The number of rotatable bonds is 9. The van der Waals surface area contributed by atoms with Gasteiger partial charge in [0.25, 0.3) is 0 Å². The Morgan fingerprint density at radius 3 is 2.33 bits per heavy atom. The third-order valence-electron chi connectivity index (χ3n) is 3.61. The molecule has 3 nitrogen and oxygen atoms in total. The van der Waals surface area contributed by atoms with Crippen molar-refractivity contribution < 1.29 is 14.6 Å². The highest BCUT2D eigenvalue weighted by Gasteiger charge is 2.09. The number of benzene rings is 1. The minimum absolute atomic E-state index is 0.239. The number of aliphatic hydroxyl groups is 1. The Balaban J connectivity index is 2.57. The van der Waals surface area contributed by atoms with Crippen molar-refractivity contribution in [2.45, 2.75) is 39.5 Å². The van der Waals surface area contributed by atoms with Crippen LogP contribution >= 0.6 is 0 Å². The van der Waals surface area contributed by atoms with Crippen LogP contribution in [0, 0.1) is 5.92 Å². The van der Waals surface area contributed by atoms with Gasteiger partial charge in [0.1, 0.15) is 0 Å². The van der Waals surface area contributed by atoms with E-state index in [1.807, 2.05) is 12.1 Å². The maximum absolute atomic E-state index is 11.6. The van der Waals surface area contributed by atoms with Crippen LogP contribution < -0.4 is 0 Å². The Morgan fingerprint density at radius 1 is 1.19 bits per heavy atom. The molecule has 1 rings (SSSR count). The molecular weight excluding hydrogens is 264 g/mol. The van der Waals surface area contributed by atoms with Crippen molar-refractivity contribution in [2.75, 3.05) is 13.2 Å². The maximum atomic E-state index is 11.6. The molecule has 0 bridgehead atoms. The molecule has 0 amide bonds. The molecule has 1 N–H and O–H groups in total. The zero-order chi connectivity index (χ0) is 15.7. The number of hydrogen-bond acceptors (Lipinski definition) is 3. The molecule has 0 radical (unpaired) electrons. The molecule has 0 aliphatic heterocycles. The number of ether oxygens (including phenoxy) is 1. The van der Waals surface area contributed by atoms with E-state index in [1.165, 1.54) is 0 Å². The van der Waals surface area contributed by atoms with Gasteiger partial charge in [-0.2, -0.15) is 0 Å². The van der Waals surface area contributed by atoms with E-state index in [4.69, 9.17) is 4.74 Å². The summed E-state index contributed by atoms with van der Waals surface area (Å²) >= 11 is 0. The molecule has 1 atom stereocenters. The fourth-order valence-corrected chi connectivity index (χ4v) is 2.31. The third kappa shape index (κ3) is 5.72. The molecule has 0 fully saturated rings. The summed E-state index contributed by atoms with van der Waals surface area (Å²) in [5.74, 6) is 0.0588. The first-order chi connectivity index (χ1) is 10.1. The molecule has 0 saturated heterocycles. The highest BCUT2D eigenvalue weighted by molar-refractivity contribution is 5.89. The molecule has 116 valence electrons. The van der Waals surface area contributed by atoms with E-state index in [0.717, 1.165) is 36.8 Å². The summed E-state index contributed by atoms with van der Waals surface area (Å²) in [6.45, 7) is 8.65. The summed E-state index contributed by atoms with van der Waals surface area (Å²) in [5.41, 5.74) is 2.64. The predicted molar refractivity (Wildman–Crippen MR) is 86.2 cm³/mol. The quantitative estimate of drug-likeness (QED) is 0.697. The Labute approximate surface area is 127 Å². The van der Waals surface area contributed by atoms with Crippen molar-refractivity contribution in [3.63, 3.8) is 0 Å². The average Bonchev–Trinajstić information content (AvgIpc) is 2.51. The van der Waals surface area contributed by atoms with Gasteiger partial charge in [-0.1, -0.05) is 32.1 Å². The van der Waals surface area contributed by atoms with Crippen molar-refractivity contribution in [3.8, 4) is 0 Å².